The molecule has 0 aliphatic rings. The second kappa shape index (κ2) is 5.46. The monoisotopic (exact) mass is 247 g/mol. The lowest BCUT2D eigenvalue weighted by molar-refractivity contribution is 0.0910. The molecule has 0 radical (unpaired) electrons. The normalized spacial score (nSPS) is 10.5. The molecule has 5 heteroatoms. The molecule has 0 saturated heterocycles. The third-order valence-electron chi connectivity index (χ3n) is 2.45. The van der Waals surface area contributed by atoms with Crippen LogP contribution in [0.3, 0.4) is 0 Å². The standard InChI is InChI=1S/C13H13NO4/c1-17-7-6-14-13(16)12-8-10(15)9-4-2-3-5-11(9)18-12/h2-5,8H,6-7H2,1H3,(H,14,16). The maximum absolute atomic E-state index is 11.8. The molecule has 0 fully saturated rings. The van der Waals surface area contributed by atoms with E-state index in [9.17, 15) is 9.59 Å². The van der Waals surface area contributed by atoms with Gasteiger partial charge in [-0.25, -0.2) is 0 Å². The van der Waals surface area contributed by atoms with Crippen molar-refractivity contribution in [3.8, 4) is 0 Å². The largest absolute Gasteiger partial charge is 0.451 e. The highest BCUT2D eigenvalue weighted by Crippen LogP contribution is 2.11. The van der Waals surface area contributed by atoms with Gasteiger partial charge in [-0.1, -0.05) is 12.1 Å². The van der Waals surface area contributed by atoms with Gasteiger partial charge in [0.25, 0.3) is 5.91 Å². The van der Waals surface area contributed by atoms with Crippen LogP contribution in [0.4, 0.5) is 0 Å². The Morgan fingerprint density at radius 3 is 2.94 bits per heavy atom. The molecule has 1 aromatic heterocycles. The first-order chi connectivity index (χ1) is 8.72. The molecule has 0 atom stereocenters. The second-order valence-electron chi connectivity index (χ2n) is 3.72. The molecular formula is C13H13NO4. The van der Waals surface area contributed by atoms with Crippen molar-refractivity contribution in [2.45, 2.75) is 0 Å². The number of methoxy groups -OCH3 is 1. The van der Waals surface area contributed by atoms with E-state index in [4.69, 9.17) is 9.15 Å². The van der Waals surface area contributed by atoms with Crippen LogP contribution in [-0.2, 0) is 4.74 Å². The van der Waals surface area contributed by atoms with E-state index < -0.39 is 5.91 Å². The Labute approximate surface area is 103 Å². The van der Waals surface area contributed by atoms with E-state index in [-0.39, 0.29) is 11.2 Å². The van der Waals surface area contributed by atoms with Crippen molar-refractivity contribution in [1.82, 2.24) is 5.32 Å². The van der Waals surface area contributed by atoms with Gasteiger partial charge in [0.15, 0.2) is 11.2 Å². The van der Waals surface area contributed by atoms with Gasteiger partial charge in [-0.3, -0.25) is 9.59 Å². The van der Waals surface area contributed by atoms with Gasteiger partial charge >= 0.3 is 0 Å². The van der Waals surface area contributed by atoms with Crippen LogP contribution >= 0.6 is 0 Å². The van der Waals surface area contributed by atoms with Crippen LogP contribution in [0.5, 0.6) is 0 Å². The maximum atomic E-state index is 11.8. The van der Waals surface area contributed by atoms with Gasteiger partial charge in [0.1, 0.15) is 5.58 Å². The predicted molar refractivity (Wildman–Crippen MR) is 66.7 cm³/mol. The average molecular weight is 247 g/mol. The zero-order valence-electron chi connectivity index (χ0n) is 9.93. The number of amides is 1. The highest BCUT2D eigenvalue weighted by Gasteiger charge is 2.11. The van der Waals surface area contributed by atoms with Crippen LogP contribution in [0.1, 0.15) is 10.6 Å². The molecule has 0 unspecified atom stereocenters. The van der Waals surface area contributed by atoms with E-state index in [1.165, 1.54) is 6.07 Å². The summed E-state index contributed by atoms with van der Waals surface area (Å²) in [4.78, 5) is 23.5. The Morgan fingerprint density at radius 2 is 2.17 bits per heavy atom. The Morgan fingerprint density at radius 1 is 1.39 bits per heavy atom. The second-order valence-corrected chi connectivity index (χ2v) is 3.72. The summed E-state index contributed by atoms with van der Waals surface area (Å²) in [5.74, 6) is -0.412. The van der Waals surface area contributed by atoms with E-state index in [1.807, 2.05) is 0 Å². The minimum absolute atomic E-state index is 0.00908. The molecule has 0 spiro atoms. The molecule has 0 aliphatic carbocycles. The third-order valence-corrected chi connectivity index (χ3v) is 2.45. The summed E-state index contributed by atoms with van der Waals surface area (Å²) in [6.45, 7) is 0.773. The number of hydrogen-bond donors (Lipinski definition) is 1. The number of nitrogens with one attached hydrogen (secondary N) is 1. The quantitative estimate of drug-likeness (QED) is 0.823. The molecule has 2 rings (SSSR count). The van der Waals surface area contributed by atoms with E-state index in [1.54, 1.807) is 31.4 Å². The molecule has 0 bridgehead atoms. The van der Waals surface area contributed by atoms with Crippen molar-refractivity contribution in [3.05, 3.63) is 46.3 Å². The van der Waals surface area contributed by atoms with Crippen LogP contribution in [0.2, 0.25) is 0 Å². The van der Waals surface area contributed by atoms with Gasteiger partial charge in [0.05, 0.1) is 12.0 Å². The summed E-state index contributed by atoms with van der Waals surface area (Å²) in [7, 11) is 1.54. The van der Waals surface area contributed by atoms with E-state index in [0.717, 1.165) is 0 Å². The van der Waals surface area contributed by atoms with Gasteiger partial charge in [-0.15, -0.1) is 0 Å². The lowest BCUT2D eigenvalue weighted by Gasteiger charge is -2.04. The Bertz CT molecular complexity index is 618. The molecule has 0 aliphatic heterocycles. The number of para-hydroxylation sites is 1. The molecule has 5 nitrogen and oxygen atoms in total. The summed E-state index contributed by atoms with van der Waals surface area (Å²) in [5.41, 5.74) is 0.177. The number of ether oxygens (including phenoxy) is 1. The van der Waals surface area contributed by atoms with E-state index in [2.05, 4.69) is 5.32 Å². The van der Waals surface area contributed by atoms with Crippen molar-refractivity contribution in [3.63, 3.8) is 0 Å². The van der Waals surface area contributed by atoms with Crippen LogP contribution < -0.4 is 10.7 Å². The van der Waals surface area contributed by atoms with Crippen LogP contribution in [0.25, 0.3) is 11.0 Å². The van der Waals surface area contributed by atoms with Gasteiger partial charge in [0, 0.05) is 19.7 Å². The Balaban J connectivity index is 2.29. The number of rotatable bonds is 4. The fraction of sp³-hybridized carbons (Fsp3) is 0.231. The van der Waals surface area contributed by atoms with Crippen molar-refractivity contribution in [2.75, 3.05) is 20.3 Å². The highest BCUT2D eigenvalue weighted by molar-refractivity contribution is 5.93. The predicted octanol–water partition coefficient (Wildman–Crippen LogP) is 1.17. The number of benzene rings is 1. The first kappa shape index (κ1) is 12.3. The van der Waals surface area contributed by atoms with Gasteiger partial charge in [-0.2, -0.15) is 0 Å². The van der Waals surface area contributed by atoms with E-state index in [0.29, 0.717) is 24.1 Å². The number of carbonyl (C=O) groups excluding carboxylic acids is 1. The Hall–Kier alpha value is -2.14. The summed E-state index contributed by atoms with van der Waals surface area (Å²) < 4.78 is 10.2. The minimum atomic E-state index is -0.421. The van der Waals surface area contributed by atoms with Gasteiger partial charge in [-0.05, 0) is 12.1 Å². The number of fused-ring (bicyclic) bond motifs is 1. The summed E-state index contributed by atoms with van der Waals surface area (Å²) in [6, 6.07) is 8.01. The van der Waals surface area contributed by atoms with Crippen molar-refractivity contribution < 1.29 is 13.9 Å². The van der Waals surface area contributed by atoms with Crippen molar-refractivity contribution in [1.29, 1.82) is 0 Å². The molecule has 1 heterocycles. The van der Waals surface area contributed by atoms with Crippen LogP contribution in [0.15, 0.2) is 39.5 Å². The molecule has 1 aromatic carbocycles. The minimum Gasteiger partial charge on any atom is -0.451 e. The molecule has 94 valence electrons. The third kappa shape index (κ3) is 2.57. The average Bonchev–Trinajstić information content (AvgIpc) is 2.39. The fourth-order valence-corrected chi connectivity index (χ4v) is 1.57. The van der Waals surface area contributed by atoms with Crippen LogP contribution in [0, 0.1) is 0 Å². The molecule has 1 N–H and O–H groups in total. The lowest BCUT2D eigenvalue weighted by atomic mass is 10.2. The molecule has 18 heavy (non-hydrogen) atoms. The summed E-state index contributed by atoms with van der Waals surface area (Å²) in [5, 5.41) is 3.06. The van der Waals surface area contributed by atoms with Crippen molar-refractivity contribution >= 4 is 16.9 Å². The zero-order valence-corrected chi connectivity index (χ0v) is 9.93. The highest BCUT2D eigenvalue weighted by atomic mass is 16.5. The maximum Gasteiger partial charge on any atom is 0.287 e. The van der Waals surface area contributed by atoms with Crippen LogP contribution in [-0.4, -0.2) is 26.2 Å². The topological polar surface area (TPSA) is 68.5 Å². The van der Waals surface area contributed by atoms with Gasteiger partial charge < -0.3 is 14.5 Å². The first-order valence-electron chi connectivity index (χ1n) is 5.52. The smallest absolute Gasteiger partial charge is 0.287 e. The van der Waals surface area contributed by atoms with Crippen molar-refractivity contribution in [2.24, 2.45) is 0 Å². The van der Waals surface area contributed by atoms with Gasteiger partial charge in [0.2, 0.25) is 0 Å². The zero-order chi connectivity index (χ0) is 13.0. The Kier molecular flexibility index (Phi) is 3.74. The fourth-order valence-electron chi connectivity index (χ4n) is 1.57. The molecular weight excluding hydrogens is 234 g/mol. The number of hydrogen-bond acceptors (Lipinski definition) is 4. The molecule has 0 saturated carbocycles. The lowest BCUT2D eigenvalue weighted by Crippen LogP contribution is -2.27. The summed E-state index contributed by atoms with van der Waals surface area (Å²) >= 11 is 0. The number of carbonyl (C=O) groups is 1. The van der Waals surface area contributed by atoms with E-state index >= 15 is 0 Å². The molecule has 1 amide bonds. The summed E-state index contributed by atoms with van der Waals surface area (Å²) in [6.07, 6.45) is 0. The first-order valence-corrected chi connectivity index (χ1v) is 5.52. The SMILES string of the molecule is COCCNC(=O)c1cc(=O)c2ccccc2o1. The molecule has 2 aromatic rings.